The van der Waals surface area contributed by atoms with Crippen LogP contribution in [0.15, 0.2) is 23.8 Å². The zero-order valence-electron chi connectivity index (χ0n) is 9.26. The van der Waals surface area contributed by atoms with Gasteiger partial charge >= 0.3 is 0 Å². The van der Waals surface area contributed by atoms with Crippen LogP contribution in [-0.2, 0) is 14.7 Å². The zero-order valence-corrected chi connectivity index (χ0v) is 10.9. The van der Waals surface area contributed by atoms with Gasteiger partial charge in [-0.2, -0.15) is 0 Å². The highest BCUT2D eigenvalue weighted by molar-refractivity contribution is 8.26. The molecule has 1 saturated heterocycles. The topological polar surface area (TPSA) is 38.8 Å². The number of thiocarbonyl (C=S) groups is 1. The summed E-state index contributed by atoms with van der Waals surface area (Å²) in [5.74, 6) is 0.235. The van der Waals surface area contributed by atoms with Crippen molar-refractivity contribution >= 4 is 34.2 Å². The standard InChI is InChI=1S/C11H13NO3S2/c1-2-14-15-12-10(13)9(17-11(12)16)7-8-5-3-4-6-8/h2,7-8H,1,3-6H2/b9-7+. The number of hydrogen-bond donors (Lipinski definition) is 0. The minimum absolute atomic E-state index is 0.256. The third-order valence-electron chi connectivity index (χ3n) is 2.73. The van der Waals surface area contributed by atoms with E-state index >= 15 is 0 Å². The predicted molar refractivity (Wildman–Crippen MR) is 69.4 cm³/mol. The van der Waals surface area contributed by atoms with E-state index in [1.54, 1.807) is 0 Å². The number of nitrogens with zero attached hydrogens (tertiary/aromatic N) is 1. The molecule has 2 rings (SSSR count). The van der Waals surface area contributed by atoms with E-state index in [-0.39, 0.29) is 5.91 Å². The number of carbonyl (C=O) groups excluding carboxylic acids is 1. The molecule has 17 heavy (non-hydrogen) atoms. The van der Waals surface area contributed by atoms with Crippen molar-refractivity contribution in [1.29, 1.82) is 0 Å². The van der Waals surface area contributed by atoms with Crippen molar-refractivity contribution in [3.8, 4) is 0 Å². The van der Waals surface area contributed by atoms with Crippen LogP contribution in [0, 0.1) is 5.92 Å². The summed E-state index contributed by atoms with van der Waals surface area (Å²) in [6.07, 6.45) is 7.86. The van der Waals surface area contributed by atoms with E-state index in [4.69, 9.17) is 17.2 Å². The first-order valence-corrected chi connectivity index (χ1v) is 6.67. The molecule has 0 N–H and O–H groups in total. The largest absolute Gasteiger partial charge is 0.322 e. The van der Waals surface area contributed by atoms with E-state index in [1.807, 2.05) is 6.08 Å². The second kappa shape index (κ2) is 5.66. The lowest BCUT2D eigenvalue weighted by atomic mass is 10.1. The van der Waals surface area contributed by atoms with Crippen LogP contribution >= 0.6 is 24.0 Å². The Labute approximate surface area is 110 Å². The molecule has 0 spiro atoms. The van der Waals surface area contributed by atoms with Gasteiger partial charge in [-0.05, 0) is 31.0 Å². The second-order valence-corrected chi connectivity index (χ2v) is 5.56. The van der Waals surface area contributed by atoms with E-state index in [0.29, 0.717) is 15.1 Å². The minimum atomic E-state index is -0.256. The second-order valence-electron chi connectivity index (χ2n) is 3.88. The fraction of sp³-hybridized carbons (Fsp3) is 0.455. The Kier molecular flexibility index (Phi) is 4.20. The first-order chi connectivity index (χ1) is 8.22. The summed E-state index contributed by atoms with van der Waals surface area (Å²) in [5, 5.41) is 0.975. The summed E-state index contributed by atoms with van der Waals surface area (Å²) in [4.78, 5) is 21.8. The first kappa shape index (κ1) is 12.6. The number of rotatable bonds is 4. The SMILES string of the molecule is C=COON1C(=O)/C(=C\C2CCCC2)SC1=S. The van der Waals surface area contributed by atoms with Crippen LogP contribution in [0.25, 0.3) is 0 Å². The highest BCUT2D eigenvalue weighted by Gasteiger charge is 2.35. The van der Waals surface area contributed by atoms with E-state index in [2.05, 4.69) is 11.5 Å². The number of hydrogen-bond acceptors (Lipinski definition) is 5. The molecule has 0 aromatic heterocycles. The van der Waals surface area contributed by atoms with Gasteiger partial charge in [0, 0.05) is 0 Å². The predicted octanol–water partition coefficient (Wildman–Crippen LogP) is 2.93. The molecular formula is C11H13NO3S2. The molecule has 0 bridgehead atoms. The van der Waals surface area contributed by atoms with E-state index < -0.39 is 0 Å². The van der Waals surface area contributed by atoms with Gasteiger partial charge in [0.1, 0.15) is 6.26 Å². The number of allylic oxidation sites excluding steroid dienone is 1. The molecule has 0 aromatic carbocycles. The van der Waals surface area contributed by atoms with Crippen molar-refractivity contribution in [2.45, 2.75) is 25.7 Å². The fourth-order valence-corrected chi connectivity index (χ4v) is 3.14. The molecule has 2 fully saturated rings. The van der Waals surface area contributed by atoms with Crippen LogP contribution in [-0.4, -0.2) is 15.3 Å². The van der Waals surface area contributed by atoms with Crippen LogP contribution in [0.4, 0.5) is 0 Å². The van der Waals surface area contributed by atoms with Gasteiger partial charge in [-0.25, -0.2) is 0 Å². The summed E-state index contributed by atoms with van der Waals surface area (Å²) in [5.41, 5.74) is 0. The molecule has 1 aliphatic carbocycles. The van der Waals surface area contributed by atoms with E-state index in [9.17, 15) is 4.79 Å². The average Bonchev–Trinajstić information content (AvgIpc) is 2.89. The molecule has 1 amide bonds. The van der Waals surface area contributed by atoms with Crippen LogP contribution < -0.4 is 0 Å². The Morgan fingerprint density at radius 2 is 2.18 bits per heavy atom. The van der Waals surface area contributed by atoms with Crippen LogP contribution in [0.3, 0.4) is 0 Å². The Morgan fingerprint density at radius 1 is 1.47 bits per heavy atom. The smallest absolute Gasteiger partial charge is 0.293 e. The molecular weight excluding hydrogens is 258 g/mol. The molecule has 6 heteroatoms. The third-order valence-corrected chi connectivity index (χ3v) is 4.02. The molecule has 0 radical (unpaired) electrons. The summed E-state index contributed by atoms with van der Waals surface area (Å²) in [6.45, 7) is 3.32. The minimum Gasteiger partial charge on any atom is -0.322 e. The van der Waals surface area contributed by atoms with E-state index in [1.165, 1.54) is 24.6 Å². The summed E-state index contributed by atoms with van der Waals surface area (Å²) in [6, 6.07) is 0. The maximum Gasteiger partial charge on any atom is 0.293 e. The molecule has 92 valence electrons. The van der Waals surface area contributed by atoms with Crippen molar-refractivity contribution in [1.82, 2.24) is 5.06 Å². The highest BCUT2D eigenvalue weighted by atomic mass is 32.2. The maximum atomic E-state index is 11.9. The molecule has 1 aliphatic heterocycles. The quantitative estimate of drug-likeness (QED) is 0.258. The Hall–Kier alpha value is -0.850. The summed E-state index contributed by atoms with van der Waals surface area (Å²) in [7, 11) is 0. The Bertz CT molecular complexity index is 375. The number of hydroxylamine groups is 2. The van der Waals surface area contributed by atoms with Crippen molar-refractivity contribution in [3.63, 3.8) is 0 Å². The molecule has 4 nitrogen and oxygen atoms in total. The third kappa shape index (κ3) is 2.88. The molecule has 0 unspecified atom stereocenters. The van der Waals surface area contributed by atoms with Gasteiger partial charge in [-0.1, -0.05) is 42.2 Å². The summed E-state index contributed by atoms with van der Waals surface area (Å²) >= 11 is 6.29. The van der Waals surface area contributed by atoms with Crippen LogP contribution in [0.2, 0.25) is 0 Å². The monoisotopic (exact) mass is 271 g/mol. The number of thioether (sulfide) groups is 1. The van der Waals surface area contributed by atoms with Gasteiger partial charge in [0.15, 0.2) is 4.32 Å². The normalized spacial score (nSPS) is 23.8. The summed E-state index contributed by atoms with van der Waals surface area (Å²) < 4.78 is 0.348. The van der Waals surface area contributed by atoms with Gasteiger partial charge in [0.05, 0.1) is 4.91 Å². The van der Waals surface area contributed by atoms with Crippen molar-refractivity contribution in [3.05, 3.63) is 23.8 Å². The Balaban J connectivity index is 2.03. The van der Waals surface area contributed by atoms with Gasteiger partial charge < -0.3 is 4.89 Å². The van der Waals surface area contributed by atoms with Crippen molar-refractivity contribution in [2.24, 2.45) is 5.92 Å². The molecule has 0 atom stereocenters. The van der Waals surface area contributed by atoms with Gasteiger partial charge in [0.2, 0.25) is 0 Å². The lowest BCUT2D eigenvalue weighted by molar-refractivity contribution is -0.350. The van der Waals surface area contributed by atoms with E-state index in [0.717, 1.165) is 24.2 Å². The van der Waals surface area contributed by atoms with Gasteiger partial charge in [-0.3, -0.25) is 4.79 Å². The molecule has 1 saturated carbocycles. The lowest BCUT2D eigenvalue weighted by Gasteiger charge is -2.09. The van der Waals surface area contributed by atoms with Crippen molar-refractivity contribution < 1.29 is 14.7 Å². The lowest BCUT2D eigenvalue weighted by Crippen LogP contribution is -2.27. The molecule has 2 aliphatic rings. The molecule has 1 heterocycles. The maximum absolute atomic E-state index is 11.9. The highest BCUT2D eigenvalue weighted by Crippen LogP contribution is 2.35. The van der Waals surface area contributed by atoms with Gasteiger partial charge in [0.25, 0.3) is 5.91 Å². The zero-order chi connectivity index (χ0) is 12.3. The van der Waals surface area contributed by atoms with Crippen LogP contribution in [0.1, 0.15) is 25.7 Å². The number of amides is 1. The Morgan fingerprint density at radius 3 is 2.82 bits per heavy atom. The average molecular weight is 271 g/mol. The number of carbonyl (C=O) groups is 1. The fourth-order valence-electron chi connectivity index (χ4n) is 1.94. The van der Waals surface area contributed by atoms with Gasteiger partial charge in [-0.15, -0.1) is 5.06 Å². The van der Waals surface area contributed by atoms with Crippen LogP contribution in [0.5, 0.6) is 0 Å². The van der Waals surface area contributed by atoms with Crippen molar-refractivity contribution in [2.75, 3.05) is 0 Å². The first-order valence-electron chi connectivity index (χ1n) is 5.45. The molecule has 0 aromatic rings.